The summed E-state index contributed by atoms with van der Waals surface area (Å²) in [7, 11) is 0. The maximum absolute atomic E-state index is 13.4. The molecule has 2 aromatic carbocycles. The predicted octanol–water partition coefficient (Wildman–Crippen LogP) is 6.45. The second-order valence-electron chi connectivity index (χ2n) is 8.24. The molecule has 2 heterocycles. The zero-order valence-electron chi connectivity index (χ0n) is 18.6. The van der Waals surface area contributed by atoms with Gasteiger partial charge in [0.2, 0.25) is 5.13 Å². The fourth-order valence-corrected chi connectivity index (χ4v) is 5.33. The van der Waals surface area contributed by atoms with Gasteiger partial charge in [0.1, 0.15) is 10.8 Å². The van der Waals surface area contributed by atoms with Gasteiger partial charge in [-0.1, -0.05) is 60.9 Å². The highest BCUT2D eigenvalue weighted by atomic mass is 32.1. The van der Waals surface area contributed by atoms with E-state index in [1.165, 1.54) is 30.6 Å². The minimum absolute atomic E-state index is 0.213. The van der Waals surface area contributed by atoms with Crippen LogP contribution in [0.3, 0.4) is 0 Å². The van der Waals surface area contributed by atoms with Crippen LogP contribution in [0.25, 0.3) is 22.2 Å². The number of pyridine rings is 1. The molecule has 5 rings (SSSR count). The number of carbonyl (C=O) groups is 1. The normalized spacial score (nSPS) is 14.3. The molecule has 1 aliphatic carbocycles. The Hall–Kier alpha value is -3.32. The van der Waals surface area contributed by atoms with Gasteiger partial charge in [0.05, 0.1) is 23.4 Å². The average Bonchev–Trinajstić information content (AvgIpc) is 3.33. The zero-order chi connectivity index (χ0) is 22.6. The molecule has 1 fully saturated rings. The van der Waals surface area contributed by atoms with E-state index in [-0.39, 0.29) is 5.91 Å². The molecule has 33 heavy (non-hydrogen) atoms. The van der Waals surface area contributed by atoms with E-state index >= 15 is 0 Å². The van der Waals surface area contributed by atoms with Crippen LogP contribution in [0.4, 0.5) is 5.13 Å². The number of nitrogens with zero attached hydrogens (tertiary/aromatic N) is 3. The molecule has 168 valence electrons. The summed E-state index contributed by atoms with van der Waals surface area (Å²) in [5.41, 5.74) is 2.86. The van der Waals surface area contributed by atoms with Crippen molar-refractivity contribution in [2.24, 2.45) is 0 Å². The number of nitrogens with one attached hydrogen (secondary N) is 1. The Balaban J connectivity index is 1.49. The van der Waals surface area contributed by atoms with Gasteiger partial charge in [0, 0.05) is 16.9 Å². The third-order valence-electron chi connectivity index (χ3n) is 6.04. The first-order valence-corrected chi connectivity index (χ1v) is 12.3. The van der Waals surface area contributed by atoms with Crippen LogP contribution < -0.4 is 10.1 Å². The van der Waals surface area contributed by atoms with Crippen molar-refractivity contribution in [2.45, 2.75) is 44.9 Å². The number of para-hydroxylation sites is 2. The van der Waals surface area contributed by atoms with Crippen LogP contribution in [0.1, 0.15) is 60.3 Å². The lowest BCUT2D eigenvalue weighted by Crippen LogP contribution is -2.13. The molecule has 1 N–H and O–H groups in total. The van der Waals surface area contributed by atoms with E-state index in [0.29, 0.717) is 28.9 Å². The van der Waals surface area contributed by atoms with E-state index in [4.69, 9.17) is 9.72 Å². The smallest absolute Gasteiger partial charge is 0.258 e. The Bertz CT molecular complexity index is 1280. The first-order valence-electron chi connectivity index (χ1n) is 11.5. The Morgan fingerprint density at radius 1 is 1.06 bits per heavy atom. The first-order chi connectivity index (χ1) is 16.2. The summed E-state index contributed by atoms with van der Waals surface area (Å²) in [5.74, 6) is 0.996. The molecule has 0 saturated heterocycles. The van der Waals surface area contributed by atoms with Gasteiger partial charge in [0.25, 0.3) is 5.91 Å². The van der Waals surface area contributed by atoms with E-state index in [1.807, 2.05) is 61.5 Å². The molecule has 0 bridgehead atoms. The molecule has 0 spiro atoms. The Morgan fingerprint density at radius 3 is 2.70 bits per heavy atom. The fraction of sp³-hybridized carbons (Fsp3) is 0.308. The largest absolute Gasteiger partial charge is 0.493 e. The highest BCUT2D eigenvalue weighted by molar-refractivity contribution is 7.15. The van der Waals surface area contributed by atoms with E-state index in [1.54, 1.807) is 0 Å². The van der Waals surface area contributed by atoms with Gasteiger partial charge >= 0.3 is 0 Å². The van der Waals surface area contributed by atoms with Crippen molar-refractivity contribution in [1.82, 2.24) is 15.2 Å². The molecular formula is C26H26N4O2S. The standard InChI is InChI=1S/C26H26N4O2S/c1-2-32-23-15-9-7-13-19(23)22-16-20(18-12-6-8-14-21(18)27-22)24(31)28-26-30-29-25(33-26)17-10-4-3-5-11-17/h6-9,12-17H,2-5,10-11H2,1H3,(H,28,30,31). The summed E-state index contributed by atoms with van der Waals surface area (Å²) >= 11 is 1.49. The Kier molecular flexibility index (Phi) is 6.30. The van der Waals surface area contributed by atoms with Crippen molar-refractivity contribution in [1.29, 1.82) is 0 Å². The maximum atomic E-state index is 13.4. The molecule has 6 nitrogen and oxygen atoms in total. The number of ether oxygens (including phenoxy) is 1. The zero-order valence-corrected chi connectivity index (χ0v) is 19.4. The highest BCUT2D eigenvalue weighted by Crippen LogP contribution is 2.36. The molecule has 7 heteroatoms. The van der Waals surface area contributed by atoms with Gasteiger partial charge in [-0.05, 0) is 44.0 Å². The van der Waals surface area contributed by atoms with Gasteiger partial charge < -0.3 is 4.74 Å². The topological polar surface area (TPSA) is 77.0 Å². The lowest BCUT2D eigenvalue weighted by atomic mass is 9.90. The lowest BCUT2D eigenvalue weighted by molar-refractivity contribution is 0.102. The number of carbonyl (C=O) groups excluding carboxylic acids is 1. The van der Waals surface area contributed by atoms with Crippen LogP contribution in [0, 0.1) is 0 Å². The van der Waals surface area contributed by atoms with Gasteiger partial charge in [-0.2, -0.15) is 0 Å². The number of fused-ring (bicyclic) bond motifs is 1. The van der Waals surface area contributed by atoms with Crippen LogP contribution in [0.15, 0.2) is 54.6 Å². The summed E-state index contributed by atoms with van der Waals surface area (Å²) < 4.78 is 5.80. The van der Waals surface area contributed by atoms with Gasteiger partial charge in [-0.15, -0.1) is 10.2 Å². The number of hydrogen-bond acceptors (Lipinski definition) is 6. The quantitative estimate of drug-likeness (QED) is 0.359. The molecule has 1 aliphatic rings. The van der Waals surface area contributed by atoms with E-state index in [0.717, 1.165) is 40.1 Å². The molecule has 1 amide bonds. The van der Waals surface area contributed by atoms with Crippen LogP contribution in [-0.4, -0.2) is 27.7 Å². The number of hydrogen-bond donors (Lipinski definition) is 1. The fourth-order valence-electron chi connectivity index (χ4n) is 4.42. The third kappa shape index (κ3) is 4.59. The van der Waals surface area contributed by atoms with Gasteiger partial charge in [-0.3, -0.25) is 10.1 Å². The lowest BCUT2D eigenvalue weighted by Gasteiger charge is -2.18. The molecular weight excluding hydrogens is 432 g/mol. The van der Waals surface area contributed by atoms with Crippen molar-refractivity contribution < 1.29 is 9.53 Å². The third-order valence-corrected chi connectivity index (χ3v) is 7.04. The van der Waals surface area contributed by atoms with Crippen LogP contribution in [0.2, 0.25) is 0 Å². The molecule has 0 aliphatic heterocycles. The highest BCUT2D eigenvalue weighted by Gasteiger charge is 2.21. The van der Waals surface area contributed by atoms with Crippen molar-refractivity contribution in [3.05, 3.63) is 65.2 Å². The molecule has 0 unspecified atom stereocenters. The van der Waals surface area contributed by atoms with Crippen molar-refractivity contribution in [3.8, 4) is 17.0 Å². The summed E-state index contributed by atoms with van der Waals surface area (Å²) in [6.07, 6.45) is 6.07. The van der Waals surface area contributed by atoms with Crippen molar-refractivity contribution in [3.63, 3.8) is 0 Å². The van der Waals surface area contributed by atoms with E-state index in [9.17, 15) is 4.79 Å². The van der Waals surface area contributed by atoms with Crippen molar-refractivity contribution >= 4 is 33.3 Å². The number of rotatable bonds is 6. The Morgan fingerprint density at radius 2 is 1.85 bits per heavy atom. The Labute approximate surface area is 197 Å². The van der Waals surface area contributed by atoms with Gasteiger partial charge in [-0.25, -0.2) is 4.98 Å². The summed E-state index contributed by atoms with van der Waals surface area (Å²) in [6.45, 7) is 2.51. The van der Waals surface area contributed by atoms with Gasteiger partial charge in [0.15, 0.2) is 0 Å². The minimum atomic E-state index is -0.213. The molecule has 0 atom stereocenters. The minimum Gasteiger partial charge on any atom is -0.493 e. The number of aromatic nitrogens is 3. The molecule has 0 radical (unpaired) electrons. The SMILES string of the molecule is CCOc1ccccc1-c1cc(C(=O)Nc2nnc(C3CCCCC3)s2)c2ccccc2n1. The van der Waals surface area contributed by atoms with Crippen LogP contribution in [0.5, 0.6) is 5.75 Å². The molecule has 1 saturated carbocycles. The van der Waals surface area contributed by atoms with Crippen LogP contribution in [-0.2, 0) is 0 Å². The number of amides is 1. The maximum Gasteiger partial charge on any atom is 0.258 e. The number of benzene rings is 2. The summed E-state index contributed by atoms with van der Waals surface area (Å²) in [4.78, 5) is 18.2. The second kappa shape index (κ2) is 9.67. The van der Waals surface area contributed by atoms with Crippen molar-refractivity contribution in [2.75, 3.05) is 11.9 Å². The van der Waals surface area contributed by atoms with Crippen LogP contribution >= 0.6 is 11.3 Å². The molecule has 4 aromatic rings. The molecule has 2 aromatic heterocycles. The predicted molar refractivity (Wildman–Crippen MR) is 132 cm³/mol. The monoisotopic (exact) mass is 458 g/mol. The summed E-state index contributed by atoms with van der Waals surface area (Å²) in [6, 6.07) is 17.3. The number of anilines is 1. The summed E-state index contributed by atoms with van der Waals surface area (Å²) in [5, 5.41) is 14.0. The van der Waals surface area contributed by atoms with E-state index < -0.39 is 0 Å². The second-order valence-corrected chi connectivity index (χ2v) is 9.24. The first kappa shape index (κ1) is 21.5. The average molecular weight is 459 g/mol. The van der Waals surface area contributed by atoms with E-state index in [2.05, 4.69) is 15.5 Å².